The molecule has 0 saturated carbocycles. The first-order valence-corrected chi connectivity index (χ1v) is 28.8. The van der Waals surface area contributed by atoms with Crippen molar-refractivity contribution in [3.63, 3.8) is 0 Å². The number of nitrogens with zero attached hydrogens (tertiary/aromatic N) is 1. The van der Waals surface area contributed by atoms with Gasteiger partial charge in [-0.25, -0.2) is 0 Å². The Morgan fingerprint density at radius 1 is 0.534 bits per heavy atom. The Kier molecular flexibility index (Phi) is 22.1. The van der Waals surface area contributed by atoms with Gasteiger partial charge in [0.15, 0.2) is 0 Å². The Morgan fingerprint density at radius 2 is 0.897 bits per heavy atom. The molecule has 3 aromatic heterocycles. The molecule has 0 atom stereocenters. The molecule has 2 amide bonds. The lowest BCUT2D eigenvalue weighted by molar-refractivity contribution is 0.0651. The van der Waals surface area contributed by atoms with E-state index in [1.165, 1.54) is 45.3 Å². The van der Waals surface area contributed by atoms with Crippen LogP contribution in [-0.4, -0.2) is 62.0 Å². The molecule has 326 valence electrons. The van der Waals surface area contributed by atoms with E-state index in [0.29, 0.717) is 56.9 Å². The zero-order chi connectivity index (χ0) is 42.1. The second-order valence-electron chi connectivity index (χ2n) is 14.8. The Balaban J connectivity index is 1.66. The van der Waals surface area contributed by atoms with Gasteiger partial charge >= 0.3 is 15.2 Å². The lowest BCUT2D eigenvalue weighted by Gasteiger charge is -2.18. The third-order valence-corrected chi connectivity index (χ3v) is 19.3. The first kappa shape index (κ1) is 50.1. The maximum atomic E-state index is 14.3. The zero-order valence-electron chi connectivity index (χ0n) is 35.0. The predicted molar refractivity (Wildman–Crippen MR) is 251 cm³/mol. The van der Waals surface area contributed by atoms with E-state index < -0.39 is 15.2 Å². The molecule has 58 heavy (non-hydrogen) atoms. The monoisotopic (exact) mass is 1030 g/mol. The molecule has 0 spiro atoms. The Morgan fingerprint density at radius 3 is 1.28 bits per heavy atom. The van der Waals surface area contributed by atoms with Gasteiger partial charge in [0, 0.05) is 16.3 Å². The van der Waals surface area contributed by atoms with Crippen molar-refractivity contribution in [1.82, 2.24) is 4.90 Å². The van der Waals surface area contributed by atoms with Crippen LogP contribution in [0.1, 0.15) is 156 Å². The first-order valence-electron chi connectivity index (χ1n) is 21.3. The van der Waals surface area contributed by atoms with Crippen LogP contribution in [0.25, 0.3) is 19.5 Å². The molecule has 1 aliphatic rings. The van der Waals surface area contributed by atoms with Gasteiger partial charge in [-0.2, -0.15) is 0 Å². The molecule has 4 heterocycles. The number of rotatable bonds is 31. The predicted octanol–water partition coefficient (Wildman–Crippen LogP) is 15.4. The maximum absolute atomic E-state index is 14.3. The third-order valence-electron chi connectivity index (χ3n) is 9.98. The quantitative estimate of drug-likeness (QED) is 0.0356. The molecular formula is C42H63Br2NO8P2S3. The number of hydrogen-bond donors (Lipinski definition) is 0. The SMILES string of the molecule is CCCCCCCCN1C(=O)c2c(-c3cc(CCP(=O)(OCCCC)OCCCC)c(Br)s3)sc(-c3cc(CCP(=O)(OCCCC)OCCCC)c(Br)s3)c2C1=O. The fraction of sp³-hybridized carbons (Fsp3) is 0.667. The van der Waals surface area contributed by atoms with Crippen LogP contribution in [-0.2, 0) is 40.1 Å². The number of unbranched alkanes of at least 4 members (excludes halogenated alkanes) is 9. The Bertz CT molecular complexity index is 1710. The van der Waals surface area contributed by atoms with Crippen LogP contribution >= 0.6 is 81.1 Å². The molecule has 0 N–H and O–H groups in total. The molecule has 0 aliphatic carbocycles. The van der Waals surface area contributed by atoms with Crippen LogP contribution in [0.15, 0.2) is 19.7 Å². The summed E-state index contributed by atoms with van der Waals surface area (Å²) in [7, 11) is -6.62. The van der Waals surface area contributed by atoms with Crippen molar-refractivity contribution < 1.29 is 36.8 Å². The van der Waals surface area contributed by atoms with Crippen molar-refractivity contribution in [1.29, 1.82) is 0 Å². The van der Waals surface area contributed by atoms with Crippen molar-refractivity contribution >= 4 is 92.9 Å². The summed E-state index contributed by atoms with van der Waals surface area (Å²) in [4.78, 5) is 33.3. The van der Waals surface area contributed by atoms with Gasteiger partial charge in [0.1, 0.15) is 0 Å². The summed E-state index contributed by atoms with van der Waals surface area (Å²) in [5.74, 6) is -0.499. The standard InChI is InChI=1S/C42H63Br2NO8P2S3/c1-6-11-16-17-18-19-22-45-41(46)35-36(42(45)47)38(34-30-32(40(44)57-34)21-28-55(49,52-25-14-9-4)53-26-15-10-5)58-37(35)33-29-31(39(43)56-33)20-27-54(48,50-23-12-7-2)51-24-13-8-3/h29-30H,6-28H2,1-5H3. The van der Waals surface area contributed by atoms with Crippen LogP contribution in [0.3, 0.4) is 0 Å². The van der Waals surface area contributed by atoms with E-state index in [9.17, 15) is 18.7 Å². The molecule has 0 saturated heterocycles. The summed E-state index contributed by atoms with van der Waals surface area (Å²) < 4.78 is 52.8. The Labute approximate surface area is 376 Å². The molecular weight excluding hydrogens is 964 g/mol. The molecule has 0 aromatic carbocycles. The van der Waals surface area contributed by atoms with E-state index in [0.717, 1.165) is 122 Å². The van der Waals surface area contributed by atoms with Crippen molar-refractivity contribution in [2.45, 2.75) is 137 Å². The number of carbonyl (C=O) groups excluding carboxylic acids is 2. The summed E-state index contributed by atoms with van der Waals surface area (Å²) in [5, 5.41) is 0. The molecule has 3 aromatic rings. The number of aryl methyl sites for hydroxylation is 2. The highest BCUT2D eigenvalue weighted by Crippen LogP contribution is 2.54. The largest absolute Gasteiger partial charge is 0.331 e. The van der Waals surface area contributed by atoms with Gasteiger partial charge in [-0.05, 0) is 100 Å². The molecule has 0 fully saturated rings. The van der Waals surface area contributed by atoms with E-state index in [2.05, 4.69) is 66.5 Å². The van der Waals surface area contributed by atoms with E-state index in [4.69, 9.17) is 18.1 Å². The molecule has 4 rings (SSSR count). The molecule has 16 heteroatoms. The first-order chi connectivity index (χ1) is 27.9. The summed E-state index contributed by atoms with van der Waals surface area (Å²) in [6.07, 6.45) is 14.8. The van der Waals surface area contributed by atoms with E-state index >= 15 is 0 Å². The average molecular weight is 1030 g/mol. The minimum atomic E-state index is -3.31. The van der Waals surface area contributed by atoms with Crippen LogP contribution in [0.2, 0.25) is 0 Å². The topological polar surface area (TPSA) is 108 Å². The van der Waals surface area contributed by atoms with Crippen molar-refractivity contribution in [3.05, 3.63) is 42.0 Å². The summed E-state index contributed by atoms with van der Waals surface area (Å²) >= 11 is 12.0. The van der Waals surface area contributed by atoms with Gasteiger partial charge in [0.2, 0.25) is 0 Å². The average Bonchev–Trinajstić information content (AvgIpc) is 3.94. The van der Waals surface area contributed by atoms with Crippen LogP contribution in [0, 0.1) is 0 Å². The summed E-state index contributed by atoms with van der Waals surface area (Å²) in [6, 6.07) is 4.09. The fourth-order valence-corrected chi connectivity index (χ4v) is 14.8. The highest BCUT2D eigenvalue weighted by atomic mass is 79.9. The lowest BCUT2D eigenvalue weighted by Crippen LogP contribution is -2.31. The molecule has 0 bridgehead atoms. The zero-order valence-corrected chi connectivity index (χ0v) is 42.4. The molecule has 9 nitrogen and oxygen atoms in total. The number of fused-ring (bicyclic) bond motifs is 1. The number of carbonyl (C=O) groups is 2. The van der Waals surface area contributed by atoms with Crippen LogP contribution in [0.4, 0.5) is 0 Å². The van der Waals surface area contributed by atoms with Crippen LogP contribution < -0.4 is 0 Å². The highest BCUT2D eigenvalue weighted by molar-refractivity contribution is 9.11. The smallest absolute Gasteiger partial charge is 0.309 e. The Hall–Kier alpha value is -0.500. The van der Waals surface area contributed by atoms with Crippen molar-refractivity contribution in [2.75, 3.05) is 45.3 Å². The number of halogens is 2. The van der Waals surface area contributed by atoms with Gasteiger partial charge in [0.05, 0.1) is 67.2 Å². The highest BCUT2D eigenvalue weighted by Gasteiger charge is 2.43. The molecule has 0 radical (unpaired) electrons. The van der Waals surface area contributed by atoms with Gasteiger partial charge in [0.25, 0.3) is 11.8 Å². The van der Waals surface area contributed by atoms with E-state index in [-0.39, 0.29) is 24.1 Å². The number of thiophene rings is 3. The fourth-order valence-electron chi connectivity index (χ4n) is 6.42. The number of hydrogen-bond acceptors (Lipinski definition) is 11. The van der Waals surface area contributed by atoms with Gasteiger partial charge in [-0.15, -0.1) is 34.0 Å². The summed E-state index contributed by atoms with van der Waals surface area (Å²) in [5.41, 5.74) is 2.82. The second kappa shape index (κ2) is 25.6. The van der Waals surface area contributed by atoms with Crippen molar-refractivity contribution in [2.24, 2.45) is 0 Å². The number of amides is 2. The summed E-state index contributed by atoms with van der Waals surface area (Å²) in [6.45, 7) is 12.4. The number of imide groups is 1. The normalized spacial score (nSPS) is 13.4. The van der Waals surface area contributed by atoms with E-state index in [1.54, 1.807) is 0 Å². The minimum absolute atomic E-state index is 0.249. The van der Waals surface area contributed by atoms with Gasteiger partial charge < -0.3 is 18.1 Å². The minimum Gasteiger partial charge on any atom is -0.309 e. The third kappa shape index (κ3) is 14.3. The van der Waals surface area contributed by atoms with Crippen LogP contribution in [0.5, 0.6) is 0 Å². The lowest BCUT2D eigenvalue weighted by atomic mass is 10.1. The molecule has 0 unspecified atom stereocenters. The van der Waals surface area contributed by atoms with Crippen molar-refractivity contribution in [3.8, 4) is 19.5 Å². The maximum Gasteiger partial charge on any atom is 0.331 e. The molecule has 1 aliphatic heterocycles. The van der Waals surface area contributed by atoms with Gasteiger partial charge in [-0.1, -0.05) is 92.4 Å². The van der Waals surface area contributed by atoms with Gasteiger partial charge in [-0.3, -0.25) is 23.6 Å². The second-order valence-corrected chi connectivity index (χ2v) is 24.9. The van der Waals surface area contributed by atoms with E-state index in [1.807, 2.05) is 12.1 Å².